The fourth-order valence-electron chi connectivity index (χ4n) is 13.7. The number of fused-ring (bicyclic) bond motifs is 1. The summed E-state index contributed by atoms with van der Waals surface area (Å²) < 4.78 is 110. The first kappa shape index (κ1) is 78.1. The number of rotatable bonds is 35. The lowest BCUT2D eigenvalue weighted by molar-refractivity contribution is -0.362. The maximum Gasteiger partial charge on any atom is 0.338 e. The predicted molar refractivity (Wildman–Crippen MR) is 411 cm³/mol. The largest absolute Gasteiger partial charge is 0.456 e. The summed E-state index contributed by atoms with van der Waals surface area (Å²) in [5, 5.41) is 0. The van der Waals surface area contributed by atoms with E-state index in [4.69, 9.17) is 75.8 Å². The minimum absolute atomic E-state index is 0.0106. The Bertz CT molecular complexity index is 4380. The van der Waals surface area contributed by atoms with Crippen LogP contribution in [0.15, 0.2) is 308 Å². The lowest BCUT2D eigenvalue weighted by Crippen LogP contribution is -2.66. The molecule has 19 nitrogen and oxygen atoms in total. The van der Waals surface area contributed by atoms with Crippen LogP contribution in [-0.4, -0.2) is 129 Å². The van der Waals surface area contributed by atoms with Crippen molar-refractivity contribution in [2.45, 2.75) is 162 Å². The van der Waals surface area contributed by atoms with E-state index in [1.54, 1.807) is 30.3 Å². The third kappa shape index (κ3) is 22.2. The van der Waals surface area contributed by atoms with Crippen LogP contribution in [0.5, 0.6) is 0 Å². The van der Waals surface area contributed by atoms with Crippen molar-refractivity contribution in [3.63, 3.8) is 0 Å². The lowest BCUT2D eigenvalue weighted by Gasteiger charge is -2.50. The third-order valence-corrected chi connectivity index (χ3v) is 20.5. The second kappa shape index (κ2) is 40.6. The maximum atomic E-state index is 15.4. The van der Waals surface area contributed by atoms with Gasteiger partial charge in [-0.05, 0) is 63.2 Å². The highest BCUT2D eigenvalue weighted by molar-refractivity contribution is 7.99. The number of benzene rings is 10. The first-order chi connectivity index (χ1) is 54.8. The van der Waals surface area contributed by atoms with E-state index in [-0.39, 0.29) is 71.6 Å². The van der Waals surface area contributed by atoms with Crippen LogP contribution in [0, 0.1) is 0 Å². The van der Waals surface area contributed by atoms with Crippen LogP contribution in [0.3, 0.4) is 0 Å². The quantitative estimate of drug-likeness (QED) is 0.0268. The fourth-order valence-corrected chi connectivity index (χ4v) is 14.9. The summed E-state index contributed by atoms with van der Waals surface area (Å²) in [5.41, 5.74) is 6.08. The van der Waals surface area contributed by atoms with Crippen LogP contribution in [0.25, 0.3) is 0 Å². The van der Waals surface area contributed by atoms with Gasteiger partial charge in [-0.3, -0.25) is 9.59 Å². The highest BCUT2D eigenvalue weighted by Crippen LogP contribution is 2.42. The number of hydrogen-bond donors (Lipinski definition) is 0. The van der Waals surface area contributed by atoms with Gasteiger partial charge in [-0.2, -0.15) is 0 Å². The molecule has 0 aliphatic carbocycles. The molecule has 0 N–H and O–H groups in total. The normalized spacial score (nSPS) is 25.0. The van der Waals surface area contributed by atoms with Gasteiger partial charge >= 0.3 is 17.9 Å². The van der Waals surface area contributed by atoms with E-state index in [1.807, 2.05) is 273 Å². The van der Waals surface area contributed by atoms with Gasteiger partial charge in [0, 0.05) is 10.5 Å². The summed E-state index contributed by atoms with van der Waals surface area (Å²) in [7, 11) is 0. The SMILES string of the molecule is O=C(CCC(=O)O[C@@H]1[C@@H](OCc2ccccc2)[C@H](O[C@@H]2O[C@H](COCc3ccccc3)[C@H](OCc3ccccc3)[C@H](OCc3ccccc3)[C@H]2OCc2ccccc2)[C@@H](COCc2ccccc2)O[C@H]1Sc1ccccc1)O[C@@H]1[C@@H](OC(=O)c2ccccc2)[C@@H](OCc2ccccc2)O[C@@H]2COC(c3ccccc3)O[C@@H]12. The molecule has 0 radical (unpaired) electrons. The van der Waals surface area contributed by atoms with Gasteiger partial charge in [-0.25, -0.2) is 4.79 Å². The Morgan fingerprint density at radius 3 is 1.20 bits per heavy atom. The smallest absolute Gasteiger partial charge is 0.338 e. The lowest BCUT2D eigenvalue weighted by atomic mass is 9.96. The first-order valence-electron chi connectivity index (χ1n) is 37.6. The molecule has 0 amide bonds. The van der Waals surface area contributed by atoms with Gasteiger partial charge in [0.05, 0.1) is 84.5 Å². The van der Waals surface area contributed by atoms with Crippen LogP contribution in [-0.2, 0) is 132 Å². The fraction of sp³-hybridized carbons (Fsp3) is 0.308. The minimum Gasteiger partial charge on any atom is -0.456 e. The van der Waals surface area contributed by atoms with Crippen molar-refractivity contribution in [2.75, 3.05) is 19.8 Å². The molecule has 574 valence electrons. The van der Waals surface area contributed by atoms with Crippen molar-refractivity contribution in [3.05, 3.63) is 353 Å². The molecular weight excluding hydrogens is 1430 g/mol. The van der Waals surface area contributed by atoms with Gasteiger partial charge in [-0.15, -0.1) is 0 Å². The topological polar surface area (TPSA) is 199 Å². The Labute approximate surface area is 651 Å². The summed E-state index contributed by atoms with van der Waals surface area (Å²) in [5.74, 6) is -2.38. The zero-order valence-corrected chi connectivity index (χ0v) is 62.1. The number of carbonyl (C=O) groups is 3. The summed E-state index contributed by atoms with van der Waals surface area (Å²) in [6, 6.07) is 95.7. The van der Waals surface area contributed by atoms with Crippen molar-refractivity contribution >= 4 is 29.7 Å². The summed E-state index contributed by atoms with van der Waals surface area (Å²) in [6.45, 7) is 0.909. The summed E-state index contributed by atoms with van der Waals surface area (Å²) in [6.07, 6.45) is -17.6. The molecule has 4 aliphatic heterocycles. The van der Waals surface area contributed by atoms with Gasteiger partial charge in [-0.1, -0.05) is 291 Å². The van der Waals surface area contributed by atoms with Crippen molar-refractivity contribution in [1.29, 1.82) is 0 Å². The number of thioether (sulfide) groups is 1. The highest BCUT2D eigenvalue weighted by Gasteiger charge is 2.57. The average Bonchev–Trinajstić information content (AvgIpc) is 0.776. The van der Waals surface area contributed by atoms with E-state index in [0.29, 0.717) is 5.56 Å². The molecule has 16 atom stereocenters. The summed E-state index contributed by atoms with van der Waals surface area (Å²) >= 11 is 1.33. The van der Waals surface area contributed by atoms with Gasteiger partial charge in [0.15, 0.2) is 37.2 Å². The Morgan fingerprint density at radius 1 is 0.333 bits per heavy atom. The molecule has 0 bridgehead atoms. The highest BCUT2D eigenvalue weighted by atomic mass is 32.2. The number of hydrogen-bond acceptors (Lipinski definition) is 20. The first-order valence-corrected chi connectivity index (χ1v) is 38.5. The molecule has 4 heterocycles. The average molecular weight is 1520 g/mol. The molecule has 10 aromatic rings. The Morgan fingerprint density at radius 2 is 0.721 bits per heavy atom. The molecule has 20 heteroatoms. The van der Waals surface area contributed by atoms with E-state index in [1.165, 1.54) is 11.8 Å². The van der Waals surface area contributed by atoms with Crippen molar-refractivity contribution in [1.82, 2.24) is 0 Å². The second-order valence-electron chi connectivity index (χ2n) is 27.3. The molecule has 14 rings (SSSR count). The van der Waals surface area contributed by atoms with Crippen molar-refractivity contribution in [2.24, 2.45) is 0 Å². The van der Waals surface area contributed by atoms with Crippen LogP contribution >= 0.6 is 11.8 Å². The number of carbonyl (C=O) groups excluding carboxylic acids is 3. The van der Waals surface area contributed by atoms with E-state index in [2.05, 4.69) is 0 Å². The predicted octanol–water partition coefficient (Wildman–Crippen LogP) is 15.3. The molecule has 4 aliphatic rings. The molecule has 1 unspecified atom stereocenters. The van der Waals surface area contributed by atoms with Gasteiger partial charge < -0.3 is 75.8 Å². The van der Waals surface area contributed by atoms with Crippen LogP contribution in [0.1, 0.15) is 74.0 Å². The zero-order chi connectivity index (χ0) is 75.6. The van der Waals surface area contributed by atoms with Gasteiger partial charge in [0.1, 0.15) is 60.4 Å². The molecule has 4 saturated heterocycles. The molecular formula is C91H90O19S. The molecule has 4 fully saturated rings. The van der Waals surface area contributed by atoms with Crippen LogP contribution in [0.2, 0.25) is 0 Å². The maximum absolute atomic E-state index is 15.4. The van der Waals surface area contributed by atoms with E-state index in [9.17, 15) is 4.79 Å². The zero-order valence-electron chi connectivity index (χ0n) is 61.3. The molecule has 0 saturated carbocycles. The second-order valence-corrected chi connectivity index (χ2v) is 28.5. The van der Waals surface area contributed by atoms with Gasteiger partial charge in [0.2, 0.25) is 0 Å². The number of esters is 3. The van der Waals surface area contributed by atoms with Gasteiger partial charge in [0.25, 0.3) is 0 Å². The van der Waals surface area contributed by atoms with Crippen LogP contribution in [0.4, 0.5) is 0 Å². The summed E-state index contributed by atoms with van der Waals surface area (Å²) in [4.78, 5) is 45.5. The third-order valence-electron chi connectivity index (χ3n) is 19.3. The molecule has 111 heavy (non-hydrogen) atoms. The van der Waals surface area contributed by atoms with E-state index < -0.39 is 128 Å². The monoisotopic (exact) mass is 1520 g/mol. The molecule has 10 aromatic carbocycles. The van der Waals surface area contributed by atoms with Crippen molar-refractivity contribution < 1.29 is 90.2 Å². The minimum atomic E-state index is -1.40. The standard InChI is InChI=1S/C91H90O19S/c92-76(106-83-80-75(62-102-88(109-80)71-47-27-9-28-48-71)103-89(101-59-69-43-23-7-24-44-69)85(83)108-87(94)70-45-25-8-26-46-70)51-52-77(93)107-86-82(99-57-67-39-19-5-20-40-67)79(74(61-96-54-64-33-13-2-14-34-64)105-91(86)111-72-49-29-10-30-50-72)110-90-84(100-58-68-41-21-6-22-42-68)81(98-56-66-37-17-4-18-38-66)78(97-55-65-35-15-3-16-36-65)73(104-90)60-95-53-63-31-11-1-12-32-63/h1-50,73-75,78-86,88-91H,51-62H2/t73-,74-,75-,78+,79-,80-,81+,82+,83+,84-,85-,86-,88?,89+,90+,91+/m1/s1. The van der Waals surface area contributed by atoms with E-state index in [0.717, 1.165) is 43.8 Å². The molecule has 0 aromatic heterocycles. The van der Waals surface area contributed by atoms with Crippen molar-refractivity contribution in [3.8, 4) is 0 Å². The van der Waals surface area contributed by atoms with Crippen LogP contribution < -0.4 is 0 Å². The Kier molecular flexibility index (Phi) is 28.6. The number of ether oxygens (including phenoxy) is 16. The van der Waals surface area contributed by atoms with E-state index >= 15 is 9.59 Å². The molecule has 0 spiro atoms. The Balaban J connectivity index is 0.812. The Hall–Kier alpha value is -9.56.